The Morgan fingerprint density at radius 1 is 1.32 bits per heavy atom. The van der Waals surface area contributed by atoms with E-state index in [1.54, 1.807) is 12.1 Å². The number of benzene rings is 1. The van der Waals surface area contributed by atoms with Crippen molar-refractivity contribution in [3.8, 4) is 0 Å². The lowest BCUT2D eigenvalue weighted by Crippen LogP contribution is -2.30. The van der Waals surface area contributed by atoms with Crippen molar-refractivity contribution >= 4 is 11.4 Å². The van der Waals surface area contributed by atoms with Gasteiger partial charge in [0.2, 0.25) is 0 Å². The van der Waals surface area contributed by atoms with Gasteiger partial charge < -0.3 is 5.32 Å². The molecule has 2 fully saturated rings. The molecule has 0 aliphatic heterocycles. The summed E-state index contributed by atoms with van der Waals surface area (Å²) in [4.78, 5) is 10.7. The number of hydrogen-bond acceptors (Lipinski definition) is 3. The maximum Gasteiger partial charge on any atom is 0.292 e. The second-order valence-corrected chi connectivity index (χ2v) is 6.05. The first-order valence-electron chi connectivity index (χ1n) is 7.15. The predicted molar refractivity (Wildman–Crippen MR) is 75.1 cm³/mol. The van der Waals surface area contributed by atoms with Crippen molar-refractivity contribution in [3.63, 3.8) is 0 Å². The zero-order chi connectivity index (χ0) is 13.4. The van der Waals surface area contributed by atoms with E-state index in [1.165, 1.54) is 25.7 Å². The maximum absolute atomic E-state index is 11.0. The van der Waals surface area contributed by atoms with E-state index in [4.69, 9.17) is 0 Å². The molecular formula is C15H20N2O2. The summed E-state index contributed by atoms with van der Waals surface area (Å²) in [6.07, 6.45) is 5.39. The summed E-state index contributed by atoms with van der Waals surface area (Å²) in [6, 6.07) is 7.25. The quantitative estimate of drug-likeness (QED) is 0.661. The van der Waals surface area contributed by atoms with Gasteiger partial charge in [0.15, 0.2) is 0 Å². The summed E-state index contributed by atoms with van der Waals surface area (Å²) in [5, 5.41) is 14.4. The smallest absolute Gasteiger partial charge is 0.292 e. The number of nitro groups is 1. The van der Waals surface area contributed by atoms with Crippen LogP contribution in [0.15, 0.2) is 24.3 Å². The van der Waals surface area contributed by atoms with Crippen molar-refractivity contribution in [3.05, 3.63) is 34.4 Å². The van der Waals surface area contributed by atoms with Gasteiger partial charge in [-0.1, -0.05) is 18.6 Å². The lowest BCUT2D eigenvalue weighted by atomic mass is 9.84. The first-order chi connectivity index (χ1) is 9.15. The summed E-state index contributed by atoms with van der Waals surface area (Å²) in [7, 11) is 0. The highest BCUT2D eigenvalue weighted by atomic mass is 16.6. The largest absolute Gasteiger partial charge is 0.377 e. The molecule has 1 aromatic rings. The zero-order valence-corrected chi connectivity index (χ0v) is 11.2. The highest BCUT2D eigenvalue weighted by Gasteiger charge is 2.42. The van der Waals surface area contributed by atoms with Gasteiger partial charge in [-0.25, -0.2) is 0 Å². The zero-order valence-electron chi connectivity index (χ0n) is 11.2. The monoisotopic (exact) mass is 260 g/mol. The van der Waals surface area contributed by atoms with Crippen molar-refractivity contribution in [2.45, 2.75) is 38.6 Å². The molecule has 0 radical (unpaired) electrons. The molecule has 4 unspecified atom stereocenters. The van der Waals surface area contributed by atoms with Gasteiger partial charge in [-0.05, 0) is 50.0 Å². The number of hydrogen-bond donors (Lipinski definition) is 1. The predicted octanol–water partition coefficient (Wildman–Crippen LogP) is 3.83. The lowest BCUT2D eigenvalue weighted by molar-refractivity contribution is -0.384. The molecule has 2 saturated carbocycles. The van der Waals surface area contributed by atoms with Crippen molar-refractivity contribution in [2.24, 2.45) is 17.8 Å². The number of rotatable bonds is 4. The first-order valence-corrected chi connectivity index (χ1v) is 7.15. The van der Waals surface area contributed by atoms with E-state index in [-0.39, 0.29) is 10.6 Å². The fraction of sp³-hybridized carbons (Fsp3) is 0.600. The minimum absolute atomic E-state index is 0.178. The standard InChI is InChI=1S/C15H20N2O2/c1-10(13-9-11-6-7-12(13)8-11)16-14-4-2-3-5-15(14)17(18)19/h2-5,10-13,16H,6-9H2,1H3. The molecule has 4 nitrogen and oxygen atoms in total. The summed E-state index contributed by atoms with van der Waals surface area (Å²) >= 11 is 0. The number of anilines is 1. The molecule has 0 aromatic heterocycles. The van der Waals surface area contributed by atoms with Crippen LogP contribution < -0.4 is 5.32 Å². The normalized spacial score (nSPS) is 30.3. The lowest BCUT2D eigenvalue weighted by Gasteiger charge is -2.29. The summed E-state index contributed by atoms with van der Waals surface area (Å²) in [5.74, 6) is 2.42. The molecule has 2 bridgehead atoms. The maximum atomic E-state index is 11.0. The van der Waals surface area contributed by atoms with Gasteiger partial charge in [-0.3, -0.25) is 10.1 Å². The number of nitrogens with one attached hydrogen (secondary N) is 1. The molecular weight excluding hydrogens is 240 g/mol. The molecule has 1 aromatic carbocycles. The van der Waals surface area contributed by atoms with E-state index < -0.39 is 0 Å². The Labute approximate surface area is 113 Å². The van der Waals surface area contributed by atoms with Gasteiger partial charge in [0, 0.05) is 12.1 Å². The third-order valence-corrected chi connectivity index (χ3v) is 4.92. The molecule has 1 N–H and O–H groups in total. The van der Waals surface area contributed by atoms with E-state index in [2.05, 4.69) is 12.2 Å². The molecule has 2 aliphatic rings. The van der Waals surface area contributed by atoms with Gasteiger partial charge in [0.25, 0.3) is 5.69 Å². The summed E-state index contributed by atoms with van der Waals surface area (Å²) in [6.45, 7) is 2.17. The van der Waals surface area contributed by atoms with E-state index in [0.717, 1.165) is 11.8 Å². The van der Waals surface area contributed by atoms with Gasteiger partial charge in [-0.2, -0.15) is 0 Å². The van der Waals surface area contributed by atoms with Crippen LogP contribution >= 0.6 is 0 Å². The van der Waals surface area contributed by atoms with Crippen molar-refractivity contribution < 1.29 is 4.92 Å². The average molecular weight is 260 g/mol. The Kier molecular flexibility index (Phi) is 3.17. The van der Waals surface area contributed by atoms with E-state index in [1.807, 2.05) is 12.1 Å². The van der Waals surface area contributed by atoms with Crippen molar-refractivity contribution in [1.29, 1.82) is 0 Å². The molecule has 2 aliphatic carbocycles. The Morgan fingerprint density at radius 2 is 2.11 bits per heavy atom. The highest BCUT2D eigenvalue weighted by Crippen LogP contribution is 2.50. The van der Waals surface area contributed by atoms with Crippen LogP contribution in [0.3, 0.4) is 0 Å². The molecule has 0 spiro atoms. The van der Waals surface area contributed by atoms with Crippen LogP contribution in [0.2, 0.25) is 0 Å². The van der Waals surface area contributed by atoms with Crippen LogP contribution in [-0.2, 0) is 0 Å². The van der Waals surface area contributed by atoms with Crippen LogP contribution in [-0.4, -0.2) is 11.0 Å². The number of nitrogens with zero attached hydrogens (tertiary/aromatic N) is 1. The third kappa shape index (κ3) is 2.31. The van der Waals surface area contributed by atoms with Gasteiger partial charge in [0.1, 0.15) is 5.69 Å². The van der Waals surface area contributed by atoms with Crippen LogP contribution in [0.5, 0.6) is 0 Å². The van der Waals surface area contributed by atoms with Crippen LogP contribution in [0.1, 0.15) is 32.6 Å². The molecule has 102 valence electrons. The van der Waals surface area contributed by atoms with Gasteiger partial charge in [-0.15, -0.1) is 0 Å². The summed E-state index contributed by atoms with van der Waals surface area (Å²) in [5.41, 5.74) is 0.834. The van der Waals surface area contributed by atoms with E-state index in [9.17, 15) is 10.1 Å². The Balaban J connectivity index is 1.73. The Morgan fingerprint density at radius 3 is 2.74 bits per heavy atom. The molecule has 0 saturated heterocycles. The molecule has 0 heterocycles. The Bertz CT molecular complexity index is 489. The topological polar surface area (TPSA) is 55.2 Å². The molecule has 4 heteroatoms. The Hall–Kier alpha value is -1.58. The minimum Gasteiger partial charge on any atom is -0.377 e. The minimum atomic E-state index is -0.310. The van der Waals surface area contributed by atoms with Crippen molar-refractivity contribution in [2.75, 3.05) is 5.32 Å². The molecule has 3 rings (SSSR count). The molecule has 19 heavy (non-hydrogen) atoms. The summed E-state index contributed by atoms with van der Waals surface area (Å²) < 4.78 is 0. The second-order valence-electron chi connectivity index (χ2n) is 6.05. The molecule has 0 amide bonds. The SMILES string of the molecule is CC(Nc1ccccc1[N+](=O)[O-])C1CC2CCC1C2. The number of para-hydroxylation sites is 2. The highest BCUT2D eigenvalue weighted by molar-refractivity contribution is 5.61. The fourth-order valence-electron chi connectivity index (χ4n) is 4.01. The average Bonchev–Trinajstić information content (AvgIpc) is 3.01. The van der Waals surface area contributed by atoms with E-state index in [0.29, 0.717) is 17.6 Å². The third-order valence-electron chi connectivity index (χ3n) is 4.92. The first kappa shape index (κ1) is 12.5. The van der Waals surface area contributed by atoms with Gasteiger partial charge >= 0.3 is 0 Å². The van der Waals surface area contributed by atoms with Crippen LogP contribution in [0, 0.1) is 27.9 Å². The number of nitro benzene ring substituents is 1. The van der Waals surface area contributed by atoms with Crippen LogP contribution in [0.25, 0.3) is 0 Å². The number of fused-ring (bicyclic) bond motifs is 2. The van der Waals surface area contributed by atoms with Crippen molar-refractivity contribution in [1.82, 2.24) is 0 Å². The van der Waals surface area contributed by atoms with Gasteiger partial charge in [0.05, 0.1) is 4.92 Å². The van der Waals surface area contributed by atoms with Crippen LogP contribution in [0.4, 0.5) is 11.4 Å². The van der Waals surface area contributed by atoms with E-state index >= 15 is 0 Å². The molecule has 4 atom stereocenters. The fourth-order valence-corrected chi connectivity index (χ4v) is 4.01. The second kappa shape index (κ2) is 4.83.